The molecule has 40 heavy (non-hydrogen) atoms. The lowest BCUT2D eigenvalue weighted by Gasteiger charge is -2.32. The first-order valence-electron chi connectivity index (χ1n) is 13.7. The first-order valence-corrected chi connectivity index (χ1v) is 14.5. The van der Waals surface area contributed by atoms with Gasteiger partial charge in [0.15, 0.2) is 5.13 Å². The molecule has 6 rings (SSSR count). The molecule has 204 valence electrons. The molecule has 0 atom stereocenters. The molecule has 2 N–H and O–H groups in total. The van der Waals surface area contributed by atoms with Crippen molar-refractivity contribution in [2.45, 2.75) is 32.6 Å². The number of rotatable bonds is 10. The summed E-state index contributed by atoms with van der Waals surface area (Å²) >= 11 is 1.55. The summed E-state index contributed by atoms with van der Waals surface area (Å²) in [7, 11) is 0. The fourth-order valence-corrected chi connectivity index (χ4v) is 5.80. The van der Waals surface area contributed by atoms with Crippen molar-refractivity contribution in [3.05, 3.63) is 106 Å². The number of nitrogens with zero attached hydrogens (tertiary/aromatic N) is 4. The largest absolute Gasteiger partial charge is 0.369 e. The summed E-state index contributed by atoms with van der Waals surface area (Å²) in [6.45, 7) is 4.78. The number of H-pyrrole nitrogens is 1. The summed E-state index contributed by atoms with van der Waals surface area (Å²) < 4.78 is 5.81. The van der Waals surface area contributed by atoms with E-state index in [1.807, 2.05) is 35.7 Å². The van der Waals surface area contributed by atoms with Crippen LogP contribution in [0.3, 0.4) is 0 Å². The smallest absolute Gasteiger partial charge is 0.258 e. The van der Waals surface area contributed by atoms with Gasteiger partial charge in [-0.1, -0.05) is 60.7 Å². The first kappa shape index (κ1) is 26.3. The van der Waals surface area contributed by atoms with Crippen LogP contribution in [0.2, 0.25) is 0 Å². The molecule has 0 radical (unpaired) electrons. The number of thiazole rings is 1. The molecule has 1 fully saturated rings. The van der Waals surface area contributed by atoms with Gasteiger partial charge in [0.05, 0.1) is 12.0 Å². The number of aromatic nitrogens is 4. The second-order valence-electron chi connectivity index (χ2n) is 10.2. The maximum atomic E-state index is 12.8. The van der Waals surface area contributed by atoms with Gasteiger partial charge in [-0.15, -0.1) is 11.3 Å². The molecule has 1 aliphatic heterocycles. The van der Waals surface area contributed by atoms with Crippen molar-refractivity contribution >= 4 is 27.4 Å². The molecule has 1 saturated heterocycles. The normalized spacial score (nSPS) is 14.5. The Morgan fingerprint density at radius 1 is 0.950 bits per heavy atom. The maximum absolute atomic E-state index is 12.8. The van der Waals surface area contributed by atoms with E-state index >= 15 is 0 Å². The number of likely N-dealkylation sites (tertiary alicyclic amines) is 1. The summed E-state index contributed by atoms with van der Waals surface area (Å²) in [6, 6.07) is 22.3. The van der Waals surface area contributed by atoms with Crippen molar-refractivity contribution in [3.63, 3.8) is 0 Å². The Labute approximate surface area is 237 Å². The van der Waals surface area contributed by atoms with Gasteiger partial charge in [0.2, 0.25) is 0 Å². The third-order valence-electron chi connectivity index (χ3n) is 7.27. The third kappa shape index (κ3) is 6.44. The summed E-state index contributed by atoms with van der Waals surface area (Å²) in [5.74, 6) is 1.09. The molecule has 5 aromatic rings. The molecule has 0 spiro atoms. The molecule has 0 aliphatic carbocycles. The van der Waals surface area contributed by atoms with Crippen LogP contribution in [0.5, 0.6) is 0 Å². The molecule has 1 aliphatic rings. The fourth-order valence-electron chi connectivity index (χ4n) is 5.09. The number of piperidine rings is 1. The highest BCUT2D eigenvalue weighted by Gasteiger charge is 2.20. The molecule has 0 unspecified atom stereocenters. The van der Waals surface area contributed by atoms with Crippen LogP contribution < -0.4 is 10.9 Å². The van der Waals surface area contributed by atoms with Crippen LogP contribution in [-0.4, -0.2) is 44.5 Å². The predicted octanol–water partition coefficient (Wildman–Crippen LogP) is 5.48. The lowest BCUT2D eigenvalue weighted by Crippen LogP contribution is -2.35. The van der Waals surface area contributed by atoms with Crippen molar-refractivity contribution in [3.8, 4) is 11.4 Å². The van der Waals surface area contributed by atoms with E-state index < -0.39 is 0 Å². The van der Waals surface area contributed by atoms with Crippen LogP contribution in [0.4, 0.5) is 5.13 Å². The summed E-state index contributed by atoms with van der Waals surface area (Å²) in [4.78, 5) is 32.2. The SMILES string of the molecule is O=c1[nH]c(COCc2ccccc2)nc2c(-c3csc(NCC4CCN(Cc5ccccc5)CC4)n3)nccc12. The number of fused-ring (bicyclic) bond motifs is 1. The van der Waals surface area contributed by atoms with Crippen molar-refractivity contribution in [1.82, 2.24) is 24.8 Å². The van der Waals surface area contributed by atoms with Gasteiger partial charge in [0, 0.05) is 24.7 Å². The topological polar surface area (TPSA) is 96.0 Å². The average Bonchev–Trinajstić information content (AvgIpc) is 3.47. The molecule has 0 saturated carbocycles. The minimum atomic E-state index is -0.209. The van der Waals surface area contributed by atoms with E-state index in [2.05, 4.69) is 50.5 Å². The fraction of sp³-hybridized carbons (Fsp3) is 0.290. The molecular formula is C31H32N6O2S. The van der Waals surface area contributed by atoms with E-state index in [0.29, 0.717) is 40.6 Å². The number of pyridine rings is 1. The van der Waals surface area contributed by atoms with Gasteiger partial charge < -0.3 is 15.0 Å². The lowest BCUT2D eigenvalue weighted by atomic mass is 9.96. The molecule has 9 heteroatoms. The number of aromatic amines is 1. The highest BCUT2D eigenvalue weighted by atomic mass is 32.1. The van der Waals surface area contributed by atoms with E-state index in [9.17, 15) is 4.79 Å². The summed E-state index contributed by atoms with van der Waals surface area (Å²) in [5, 5.41) is 6.86. The first-order chi connectivity index (χ1) is 19.7. The minimum absolute atomic E-state index is 0.197. The van der Waals surface area contributed by atoms with E-state index in [1.165, 1.54) is 18.4 Å². The van der Waals surface area contributed by atoms with Gasteiger partial charge in [-0.05, 0) is 49.0 Å². The zero-order valence-electron chi connectivity index (χ0n) is 22.3. The van der Waals surface area contributed by atoms with Crippen LogP contribution in [-0.2, 0) is 24.5 Å². The predicted molar refractivity (Wildman–Crippen MR) is 159 cm³/mol. The quantitative estimate of drug-likeness (QED) is 0.237. The van der Waals surface area contributed by atoms with E-state index in [4.69, 9.17) is 14.7 Å². The third-order valence-corrected chi connectivity index (χ3v) is 8.07. The Bertz CT molecular complexity index is 1600. The van der Waals surface area contributed by atoms with Gasteiger partial charge in [-0.3, -0.25) is 14.7 Å². The highest BCUT2D eigenvalue weighted by molar-refractivity contribution is 7.14. The number of nitrogens with one attached hydrogen (secondary N) is 2. The van der Waals surface area contributed by atoms with Crippen molar-refractivity contribution in [2.75, 3.05) is 25.0 Å². The molecule has 2 aromatic carbocycles. The molecular weight excluding hydrogens is 520 g/mol. The lowest BCUT2D eigenvalue weighted by molar-refractivity contribution is 0.102. The van der Waals surface area contributed by atoms with E-state index in [1.54, 1.807) is 23.6 Å². The average molecular weight is 553 g/mol. The molecule has 4 heterocycles. The van der Waals surface area contributed by atoms with Gasteiger partial charge in [0.1, 0.15) is 29.3 Å². The zero-order chi connectivity index (χ0) is 27.1. The summed E-state index contributed by atoms with van der Waals surface area (Å²) in [6.07, 6.45) is 3.98. The Morgan fingerprint density at radius 2 is 1.70 bits per heavy atom. The van der Waals surface area contributed by atoms with Crippen LogP contribution in [0.1, 0.15) is 29.8 Å². The minimum Gasteiger partial charge on any atom is -0.369 e. The van der Waals surface area contributed by atoms with E-state index in [-0.39, 0.29) is 12.2 Å². The Morgan fingerprint density at radius 3 is 2.48 bits per heavy atom. The number of hydrogen-bond acceptors (Lipinski definition) is 8. The van der Waals surface area contributed by atoms with Crippen LogP contribution in [0, 0.1) is 5.92 Å². The van der Waals surface area contributed by atoms with Crippen molar-refractivity contribution in [2.24, 2.45) is 5.92 Å². The van der Waals surface area contributed by atoms with Crippen LogP contribution in [0.25, 0.3) is 22.3 Å². The van der Waals surface area contributed by atoms with E-state index in [0.717, 1.165) is 36.9 Å². The number of hydrogen-bond donors (Lipinski definition) is 2. The highest BCUT2D eigenvalue weighted by Crippen LogP contribution is 2.28. The summed E-state index contributed by atoms with van der Waals surface area (Å²) in [5.41, 5.74) is 4.08. The Balaban J connectivity index is 1.08. The van der Waals surface area contributed by atoms with Crippen LogP contribution >= 0.6 is 11.3 Å². The molecule has 0 bridgehead atoms. The Hall–Kier alpha value is -3.92. The monoisotopic (exact) mass is 552 g/mol. The van der Waals surface area contributed by atoms with Crippen molar-refractivity contribution in [1.29, 1.82) is 0 Å². The zero-order valence-corrected chi connectivity index (χ0v) is 23.1. The maximum Gasteiger partial charge on any atom is 0.258 e. The second kappa shape index (κ2) is 12.5. The van der Waals surface area contributed by atoms with Crippen LogP contribution in [0.15, 0.2) is 83.1 Å². The Kier molecular flexibility index (Phi) is 8.23. The number of benzene rings is 2. The van der Waals surface area contributed by atoms with Crippen molar-refractivity contribution < 1.29 is 4.74 Å². The number of anilines is 1. The van der Waals surface area contributed by atoms with Gasteiger partial charge in [-0.2, -0.15) is 0 Å². The molecule has 3 aromatic heterocycles. The van der Waals surface area contributed by atoms with Gasteiger partial charge in [-0.25, -0.2) is 9.97 Å². The molecule has 0 amide bonds. The van der Waals surface area contributed by atoms with Gasteiger partial charge >= 0.3 is 0 Å². The second-order valence-corrected chi connectivity index (χ2v) is 11.0. The standard InChI is InChI=1S/C31H32N6O2S/c38-30-25-11-14-32-29(28(25)35-27(36-30)20-39-19-24-9-5-2-6-10-24)26-21-40-31(34-26)33-17-22-12-15-37(16-13-22)18-23-7-3-1-4-8-23/h1-11,14,21-22H,12-13,15-20H2,(H,33,34)(H,35,36,38). The number of ether oxygens (including phenoxy) is 1. The van der Waals surface area contributed by atoms with Gasteiger partial charge in [0.25, 0.3) is 5.56 Å². The molecule has 8 nitrogen and oxygen atoms in total.